The van der Waals surface area contributed by atoms with Gasteiger partial charge in [-0.2, -0.15) is 0 Å². The van der Waals surface area contributed by atoms with Crippen molar-refractivity contribution in [1.82, 2.24) is 9.97 Å². The number of anilines is 1. The van der Waals surface area contributed by atoms with Crippen molar-refractivity contribution in [2.45, 2.75) is 20.8 Å². The van der Waals surface area contributed by atoms with Crippen LogP contribution in [0.1, 0.15) is 23.6 Å². The van der Waals surface area contributed by atoms with E-state index in [9.17, 15) is 4.39 Å². The fraction of sp³-hybridized carbons (Fsp3) is 0.158. The van der Waals surface area contributed by atoms with Gasteiger partial charge in [0, 0.05) is 10.9 Å². The average molecular weight is 342 g/mol. The summed E-state index contributed by atoms with van der Waals surface area (Å²) in [5, 5.41) is 0.513. The molecule has 2 N–H and O–H groups in total. The number of rotatable bonds is 2. The van der Waals surface area contributed by atoms with Gasteiger partial charge in [0.15, 0.2) is 0 Å². The minimum atomic E-state index is -0.383. The summed E-state index contributed by atoms with van der Waals surface area (Å²) < 4.78 is 14.2. The number of halogens is 2. The first-order valence-electron chi connectivity index (χ1n) is 7.57. The van der Waals surface area contributed by atoms with Crippen molar-refractivity contribution in [3.63, 3.8) is 0 Å². The van der Waals surface area contributed by atoms with Crippen molar-refractivity contribution in [1.29, 1.82) is 0 Å². The molecule has 0 aliphatic carbocycles. The first-order chi connectivity index (χ1) is 11.4. The van der Waals surface area contributed by atoms with Gasteiger partial charge in [-0.05, 0) is 66.8 Å². The van der Waals surface area contributed by atoms with Crippen LogP contribution < -0.4 is 5.73 Å². The Morgan fingerprint density at radius 1 is 1.08 bits per heavy atom. The van der Waals surface area contributed by atoms with Crippen LogP contribution in [0.4, 0.5) is 10.2 Å². The molecule has 0 fully saturated rings. The fourth-order valence-electron chi connectivity index (χ4n) is 3.09. The van der Waals surface area contributed by atoms with Crippen LogP contribution in [0.5, 0.6) is 0 Å². The molecule has 2 aromatic carbocycles. The highest BCUT2D eigenvalue weighted by Gasteiger charge is 2.16. The third-order valence-corrected chi connectivity index (χ3v) is 4.12. The third kappa shape index (κ3) is 2.85. The quantitative estimate of drug-likeness (QED) is 0.641. The summed E-state index contributed by atoms with van der Waals surface area (Å²) in [6.45, 7) is 5.97. The van der Waals surface area contributed by atoms with Crippen LogP contribution >= 0.6 is 11.6 Å². The number of aryl methyl sites for hydroxylation is 2. The Morgan fingerprint density at radius 3 is 2.38 bits per heavy atom. The Labute approximate surface area is 145 Å². The van der Waals surface area contributed by atoms with E-state index in [0.717, 1.165) is 22.3 Å². The second kappa shape index (κ2) is 6.21. The topological polar surface area (TPSA) is 51.8 Å². The van der Waals surface area contributed by atoms with E-state index >= 15 is 0 Å². The number of nitrogens with zero attached hydrogens (tertiary/aromatic N) is 2. The highest BCUT2D eigenvalue weighted by Crippen LogP contribution is 2.36. The summed E-state index contributed by atoms with van der Waals surface area (Å²) in [5.41, 5.74) is 11.2. The van der Waals surface area contributed by atoms with Crippen LogP contribution in [-0.4, -0.2) is 9.97 Å². The highest BCUT2D eigenvalue weighted by molar-refractivity contribution is 6.29. The number of aromatic nitrogens is 2. The second-order valence-corrected chi connectivity index (χ2v) is 6.10. The fourth-order valence-corrected chi connectivity index (χ4v) is 3.27. The maximum absolute atomic E-state index is 14.2. The minimum absolute atomic E-state index is 0.0497. The molecular formula is C19H17ClFN3. The predicted molar refractivity (Wildman–Crippen MR) is 98.5 cm³/mol. The van der Waals surface area contributed by atoms with Crippen molar-refractivity contribution in [3.05, 3.63) is 58.1 Å². The van der Waals surface area contributed by atoms with Gasteiger partial charge in [0.25, 0.3) is 0 Å². The predicted octanol–water partition coefficient (Wildman–Crippen LogP) is 5.32. The Balaban J connectivity index is 2.38. The van der Waals surface area contributed by atoms with Crippen LogP contribution in [0.2, 0.25) is 5.28 Å². The van der Waals surface area contributed by atoms with Crippen LogP contribution in [0.3, 0.4) is 0 Å². The van der Waals surface area contributed by atoms with Gasteiger partial charge in [-0.15, -0.1) is 0 Å². The zero-order valence-corrected chi connectivity index (χ0v) is 14.4. The average Bonchev–Trinajstić information content (AvgIpc) is 2.48. The molecular weight excluding hydrogens is 325 g/mol. The van der Waals surface area contributed by atoms with Crippen LogP contribution in [0.25, 0.3) is 28.1 Å². The van der Waals surface area contributed by atoms with Crippen molar-refractivity contribution in [2.75, 3.05) is 5.73 Å². The van der Waals surface area contributed by atoms with Gasteiger partial charge in [-0.25, -0.2) is 14.4 Å². The molecule has 0 spiro atoms. The molecule has 3 nitrogen and oxygen atoms in total. The molecule has 1 aromatic heterocycles. The van der Waals surface area contributed by atoms with Crippen molar-refractivity contribution >= 4 is 34.4 Å². The summed E-state index contributed by atoms with van der Waals surface area (Å²) >= 11 is 5.96. The normalized spacial score (nSPS) is 11.5. The van der Waals surface area contributed by atoms with Gasteiger partial charge in [0.05, 0.1) is 5.52 Å². The Hall–Kier alpha value is -2.46. The van der Waals surface area contributed by atoms with Crippen LogP contribution in [-0.2, 0) is 0 Å². The van der Waals surface area contributed by atoms with Gasteiger partial charge >= 0.3 is 0 Å². The molecule has 24 heavy (non-hydrogen) atoms. The van der Waals surface area contributed by atoms with E-state index in [1.165, 1.54) is 12.1 Å². The van der Waals surface area contributed by atoms with E-state index in [1.54, 1.807) is 0 Å². The SMILES string of the molecule is C/C=C/c1cc(C)c(-c2cc(F)cc3c(N)nc(Cl)nc23)c(C)c1. The number of hydrogen-bond acceptors (Lipinski definition) is 3. The molecule has 0 saturated heterocycles. The highest BCUT2D eigenvalue weighted by atomic mass is 35.5. The molecule has 0 aliphatic heterocycles. The van der Waals surface area contributed by atoms with E-state index in [0.29, 0.717) is 16.5 Å². The van der Waals surface area contributed by atoms with Crippen molar-refractivity contribution in [3.8, 4) is 11.1 Å². The Morgan fingerprint density at radius 2 is 1.75 bits per heavy atom. The van der Waals surface area contributed by atoms with E-state index in [2.05, 4.69) is 22.1 Å². The van der Waals surface area contributed by atoms with Gasteiger partial charge in [0.1, 0.15) is 11.6 Å². The standard InChI is InChI=1S/C19H17ClFN3/c1-4-5-12-6-10(2)16(11(3)7-12)14-8-13(21)9-15-17(14)23-19(20)24-18(15)22/h4-9H,1-3H3,(H2,22,23,24)/b5-4+. The lowest BCUT2D eigenvalue weighted by atomic mass is 9.92. The summed E-state index contributed by atoms with van der Waals surface area (Å²) in [7, 11) is 0. The van der Waals surface area contributed by atoms with E-state index < -0.39 is 0 Å². The Bertz CT molecular complexity index is 957. The summed E-state index contributed by atoms with van der Waals surface area (Å²) in [6.07, 6.45) is 4.02. The van der Waals surface area contributed by atoms with Crippen molar-refractivity contribution in [2.24, 2.45) is 0 Å². The number of benzene rings is 2. The molecule has 5 heteroatoms. The second-order valence-electron chi connectivity index (χ2n) is 5.76. The minimum Gasteiger partial charge on any atom is -0.383 e. The first-order valence-corrected chi connectivity index (χ1v) is 7.95. The summed E-state index contributed by atoms with van der Waals surface area (Å²) in [6, 6.07) is 6.93. The molecule has 0 saturated carbocycles. The maximum atomic E-state index is 14.2. The Kier molecular flexibility index (Phi) is 4.24. The monoisotopic (exact) mass is 341 g/mol. The lowest BCUT2D eigenvalue weighted by Crippen LogP contribution is -1.99. The van der Waals surface area contributed by atoms with Crippen molar-refractivity contribution < 1.29 is 4.39 Å². The van der Waals surface area contributed by atoms with Gasteiger partial charge in [0.2, 0.25) is 5.28 Å². The molecule has 3 aromatic rings. The van der Waals surface area contributed by atoms with Crippen LogP contribution in [0, 0.1) is 19.7 Å². The lowest BCUT2D eigenvalue weighted by molar-refractivity contribution is 0.630. The summed E-state index contributed by atoms with van der Waals surface area (Å²) in [4.78, 5) is 8.21. The van der Waals surface area contributed by atoms with Gasteiger partial charge < -0.3 is 5.73 Å². The van der Waals surface area contributed by atoms with E-state index in [-0.39, 0.29) is 16.9 Å². The van der Waals surface area contributed by atoms with E-state index in [4.69, 9.17) is 17.3 Å². The molecule has 1 heterocycles. The van der Waals surface area contributed by atoms with Gasteiger partial charge in [-0.3, -0.25) is 0 Å². The number of fused-ring (bicyclic) bond motifs is 1. The molecule has 0 amide bonds. The zero-order chi connectivity index (χ0) is 17.4. The molecule has 0 radical (unpaired) electrons. The first kappa shape index (κ1) is 16.4. The zero-order valence-electron chi connectivity index (χ0n) is 13.7. The lowest BCUT2D eigenvalue weighted by Gasteiger charge is -2.14. The number of nitrogens with two attached hydrogens (primary N) is 1. The molecule has 0 bridgehead atoms. The van der Waals surface area contributed by atoms with Crippen LogP contribution in [0.15, 0.2) is 30.3 Å². The molecule has 0 unspecified atom stereocenters. The molecule has 122 valence electrons. The van der Waals surface area contributed by atoms with E-state index in [1.807, 2.05) is 32.9 Å². The molecule has 0 aliphatic rings. The number of hydrogen-bond donors (Lipinski definition) is 1. The number of allylic oxidation sites excluding steroid dienone is 1. The molecule has 0 atom stereocenters. The van der Waals surface area contributed by atoms with Gasteiger partial charge in [-0.1, -0.05) is 24.3 Å². The number of nitrogen functional groups attached to an aromatic ring is 1. The third-order valence-electron chi connectivity index (χ3n) is 3.95. The molecule has 3 rings (SSSR count). The maximum Gasteiger partial charge on any atom is 0.224 e. The summed E-state index contributed by atoms with van der Waals surface area (Å²) in [5.74, 6) is -0.210. The largest absolute Gasteiger partial charge is 0.383 e. The smallest absolute Gasteiger partial charge is 0.224 e.